The number of para-hydroxylation sites is 2. The molecule has 0 aliphatic carbocycles. The summed E-state index contributed by atoms with van der Waals surface area (Å²) in [5.74, 6) is -0.198. The Kier molecular flexibility index (Phi) is 6.66. The molecule has 3 aromatic rings. The van der Waals surface area contributed by atoms with Gasteiger partial charge in [-0.3, -0.25) is 9.59 Å². The number of rotatable bonds is 7. The van der Waals surface area contributed by atoms with E-state index < -0.39 is 0 Å². The molecule has 7 heteroatoms. The van der Waals surface area contributed by atoms with E-state index in [0.29, 0.717) is 24.6 Å². The second-order valence-electron chi connectivity index (χ2n) is 8.00. The number of anilines is 1. The molecule has 2 heterocycles. The first-order chi connectivity index (χ1) is 15.5. The van der Waals surface area contributed by atoms with E-state index in [9.17, 15) is 9.59 Å². The number of hydrogen-bond donors (Lipinski definition) is 1. The number of carbonyl (C=O) groups is 2. The Labute approximate surface area is 187 Å². The molecule has 1 unspecified atom stereocenters. The molecule has 1 fully saturated rings. The predicted molar refractivity (Wildman–Crippen MR) is 123 cm³/mol. The van der Waals surface area contributed by atoms with Crippen molar-refractivity contribution in [2.24, 2.45) is 0 Å². The van der Waals surface area contributed by atoms with E-state index >= 15 is 0 Å². The van der Waals surface area contributed by atoms with Crippen LogP contribution in [0.3, 0.4) is 0 Å². The largest absolute Gasteiger partial charge is 0.437 e. The summed E-state index contributed by atoms with van der Waals surface area (Å²) in [4.78, 5) is 31.6. The molecule has 4 rings (SSSR count). The van der Waals surface area contributed by atoms with Crippen LogP contribution in [0.4, 0.5) is 5.69 Å². The Bertz CT molecular complexity index is 1110. The Balaban J connectivity index is 1.46. The topological polar surface area (TPSA) is 84.7 Å². The molecule has 0 saturated carbocycles. The minimum absolute atomic E-state index is 0.0646. The molecule has 1 aliphatic heterocycles. The summed E-state index contributed by atoms with van der Waals surface area (Å²) in [7, 11) is 0. The lowest BCUT2D eigenvalue weighted by molar-refractivity contribution is -0.131. The number of amides is 2. The van der Waals surface area contributed by atoms with Crippen molar-refractivity contribution in [2.75, 3.05) is 25.0 Å². The van der Waals surface area contributed by atoms with Gasteiger partial charge < -0.3 is 19.4 Å². The minimum Gasteiger partial charge on any atom is -0.437 e. The minimum atomic E-state index is -0.293. The molecular weight excluding hydrogens is 406 g/mol. The number of benzene rings is 2. The van der Waals surface area contributed by atoms with E-state index in [4.69, 9.17) is 9.15 Å². The van der Waals surface area contributed by atoms with Crippen molar-refractivity contribution in [3.05, 3.63) is 65.6 Å². The molecule has 1 aliphatic rings. The van der Waals surface area contributed by atoms with Crippen LogP contribution in [0.5, 0.6) is 0 Å². The van der Waals surface area contributed by atoms with Crippen molar-refractivity contribution in [1.82, 2.24) is 9.88 Å². The van der Waals surface area contributed by atoms with E-state index in [0.717, 1.165) is 35.2 Å². The fourth-order valence-corrected chi connectivity index (χ4v) is 3.73. The zero-order valence-electron chi connectivity index (χ0n) is 18.3. The quantitative estimate of drug-likeness (QED) is 0.567. The van der Waals surface area contributed by atoms with Crippen molar-refractivity contribution in [3.8, 4) is 0 Å². The number of nitrogens with one attached hydrogen (secondary N) is 1. The van der Waals surface area contributed by atoms with Crippen LogP contribution in [-0.2, 0) is 14.3 Å². The molecule has 1 saturated heterocycles. The lowest BCUT2D eigenvalue weighted by Crippen LogP contribution is -2.41. The van der Waals surface area contributed by atoms with E-state index in [-0.39, 0.29) is 24.5 Å². The van der Waals surface area contributed by atoms with E-state index in [1.165, 1.54) is 17.1 Å². The van der Waals surface area contributed by atoms with Gasteiger partial charge in [0.15, 0.2) is 5.58 Å². The number of carbonyl (C=O) groups excluding carboxylic acids is 2. The zero-order chi connectivity index (χ0) is 22.5. The predicted octanol–water partition coefficient (Wildman–Crippen LogP) is 4.10. The maximum Gasteiger partial charge on any atom is 0.247 e. The SMILES string of the molecule is Cc1cccc(NC(=O)CN(CC2CCCO2)C(=O)/C=C/c2nc3ccccc3o2)c1C. The average Bonchev–Trinajstić information content (AvgIpc) is 3.44. The van der Waals surface area contributed by atoms with Gasteiger partial charge in [0, 0.05) is 31.0 Å². The Morgan fingerprint density at radius 1 is 1.19 bits per heavy atom. The van der Waals surface area contributed by atoms with Crippen LogP contribution >= 0.6 is 0 Å². The van der Waals surface area contributed by atoms with Gasteiger partial charge in [-0.1, -0.05) is 24.3 Å². The van der Waals surface area contributed by atoms with Crippen LogP contribution in [0.25, 0.3) is 17.2 Å². The number of aryl methyl sites for hydroxylation is 1. The molecule has 32 heavy (non-hydrogen) atoms. The number of aromatic nitrogens is 1. The summed E-state index contributed by atoms with van der Waals surface area (Å²) >= 11 is 0. The van der Waals surface area contributed by atoms with Crippen LogP contribution < -0.4 is 5.32 Å². The normalized spacial score (nSPS) is 16.0. The number of nitrogens with zero attached hydrogens (tertiary/aromatic N) is 2. The third-order valence-corrected chi connectivity index (χ3v) is 5.65. The first-order valence-corrected chi connectivity index (χ1v) is 10.8. The van der Waals surface area contributed by atoms with Crippen molar-refractivity contribution in [3.63, 3.8) is 0 Å². The first-order valence-electron chi connectivity index (χ1n) is 10.8. The molecule has 0 radical (unpaired) electrons. The summed E-state index contributed by atoms with van der Waals surface area (Å²) in [6.07, 6.45) is 4.69. The van der Waals surface area contributed by atoms with E-state index in [1.807, 2.05) is 56.3 Å². The number of hydrogen-bond acceptors (Lipinski definition) is 5. The Hall–Kier alpha value is -3.45. The summed E-state index contributed by atoms with van der Waals surface area (Å²) in [6, 6.07) is 13.2. The molecular formula is C25H27N3O4. The van der Waals surface area contributed by atoms with Gasteiger partial charge in [0.2, 0.25) is 17.7 Å². The maximum absolute atomic E-state index is 13.0. The van der Waals surface area contributed by atoms with Gasteiger partial charge >= 0.3 is 0 Å². The van der Waals surface area contributed by atoms with Crippen molar-refractivity contribution >= 4 is 34.7 Å². The van der Waals surface area contributed by atoms with Crippen molar-refractivity contribution < 1.29 is 18.7 Å². The molecule has 166 valence electrons. The van der Waals surface area contributed by atoms with Gasteiger partial charge in [-0.05, 0) is 56.0 Å². The lowest BCUT2D eigenvalue weighted by Gasteiger charge is -2.24. The first kappa shape index (κ1) is 21.8. The van der Waals surface area contributed by atoms with Crippen LogP contribution in [0.1, 0.15) is 29.9 Å². The zero-order valence-corrected chi connectivity index (χ0v) is 18.3. The third-order valence-electron chi connectivity index (χ3n) is 5.65. The molecule has 1 atom stereocenters. The fourth-order valence-electron chi connectivity index (χ4n) is 3.73. The highest BCUT2D eigenvalue weighted by Gasteiger charge is 2.23. The molecule has 0 bridgehead atoms. The number of oxazole rings is 1. The fraction of sp³-hybridized carbons (Fsp3) is 0.320. The molecule has 1 N–H and O–H groups in total. The standard InChI is InChI=1S/C25H27N3O4/c1-17-7-5-10-20(18(17)2)26-23(29)16-28(15-19-8-6-14-31-19)25(30)13-12-24-27-21-9-3-4-11-22(21)32-24/h3-5,7,9-13,19H,6,8,14-16H2,1-2H3,(H,26,29)/b13-12+. The Morgan fingerprint density at radius 2 is 2.03 bits per heavy atom. The van der Waals surface area contributed by atoms with Gasteiger partial charge in [0.1, 0.15) is 12.1 Å². The molecule has 1 aromatic heterocycles. The molecule has 2 aromatic carbocycles. The lowest BCUT2D eigenvalue weighted by atomic mass is 10.1. The van der Waals surface area contributed by atoms with Gasteiger partial charge in [0.25, 0.3) is 0 Å². The van der Waals surface area contributed by atoms with Crippen molar-refractivity contribution in [1.29, 1.82) is 0 Å². The average molecular weight is 434 g/mol. The van der Waals surface area contributed by atoms with Gasteiger partial charge in [-0.25, -0.2) is 4.98 Å². The Morgan fingerprint density at radius 3 is 2.81 bits per heavy atom. The van der Waals surface area contributed by atoms with Crippen LogP contribution in [-0.4, -0.2) is 47.5 Å². The molecule has 7 nitrogen and oxygen atoms in total. The second kappa shape index (κ2) is 9.78. The van der Waals surface area contributed by atoms with E-state index in [1.54, 1.807) is 0 Å². The second-order valence-corrected chi connectivity index (χ2v) is 8.00. The molecule has 2 amide bonds. The van der Waals surface area contributed by atoms with Crippen LogP contribution in [0.2, 0.25) is 0 Å². The van der Waals surface area contributed by atoms with Gasteiger partial charge in [0.05, 0.1) is 6.10 Å². The van der Waals surface area contributed by atoms with Gasteiger partial charge in [-0.15, -0.1) is 0 Å². The van der Waals surface area contributed by atoms with Crippen LogP contribution in [0, 0.1) is 13.8 Å². The third kappa shape index (κ3) is 5.23. The molecule has 0 spiro atoms. The number of fused-ring (bicyclic) bond motifs is 1. The van der Waals surface area contributed by atoms with Gasteiger partial charge in [-0.2, -0.15) is 0 Å². The summed E-state index contributed by atoms with van der Waals surface area (Å²) in [6.45, 7) is 4.93. The van der Waals surface area contributed by atoms with Crippen LogP contribution in [0.15, 0.2) is 53.0 Å². The monoisotopic (exact) mass is 433 g/mol. The summed E-state index contributed by atoms with van der Waals surface area (Å²) < 4.78 is 11.3. The highest BCUT2D eigenvalue weighted by Crippen LogP contribution is 2.19. The smallest absolute Gasteiger partial charge is 0.247 e. The maximum atomic E-state index is 13.0. The van der Waals surface area contributed by atoms with E-state index in [2.05, 4.69) is 10.3 Å². The highest BCUT2D eigenvalue weighted by molar-refractivity contribution is 5.98. The number of ether oxygens (including phenoxy) is 1. The summed E-state index contributed by atoms with van der Waals surface area (Å²) in [5, 5.41) is 2.92. The summed E-state index contributed by atoms with van der Waals surface area (Å²) in [5.41, 5.74) is 4.24. The highest BCUT2D eigenvalue weighted by atomic mass is 16.5. The van der Waals surface area contributed by atoms with Crippen molar-refractivity contribution in [2.45, 2.75) is 32.8 Å².